The van der Waals surface area contributed by atoms with Gasteiger partial charge >= 0.3 is 13.6 Å². The van der Waals surface area contributed by atoms with Crippen LogP contribution in [0.25, 0.3) is 0 Å². The minimum atomic E-state index is -3.10. The molecule has 0 unspecified atom stereocenters. The molecule has 23 heavy (non-hydrogen) atoms. The van der Waals surface area contributed by atoms with Crippen molar-refractivity contribution in [2.24, 2.45) is 0 Å². The number of hydrogen-bond acceptors (Lipinski definition) is 4. The molecular weight excluding hydrogens is 315 g/mol. The Balaban J connectivity index is 2.58. The van der Waals surface area contributed by atoms with Gasteiger partial charge in [0, 0.05) is 12.2 Å². The number of amides is 2. The van der Waals surface area contributed by atoms with Crippen molar-refractivity contribution in [3.05, 3.63) is 29.8 Å². The largest absolute Gasteiger partial charge is 0.338 e. The van der Waals surface area contributed by atoms with E-state index in [1.165, 1.54) is 0 Å². The van der Waals surface area contributed by atoms with Crippen LogP contribution in [0.3, 0.4) is 0 Å². The van der Waals surface area contributed by atoms with E-state index in [-0.39, 0.29) is 12.2 Å². The van der Waals surface area contributed by atoms with Crippen LogP contribution in [0, 0.1) is 0 Å². The summed E-state index contributed by atoms with van der Waals surface area (Å²) in [6.45, 7) is 6.99. The summed E-state index contributed by atoms with van der Waals surface area (Å²) < 4.78 is 23.0. The SMILES string of the molecule is CCCCNC(=O)Nc1ccc(CP(=O)(OCC)OCC)cc1. The van der Waals surface area contributed by atoms with E-state index in [2.05, 4.69) is 17.6 Å². The van der Waals surface area contributed by atoms with Gasteiger partial charge in [-0.1, -0.05) is 25.5 Å². The zero-order chi connectivity index (χ0) is 17.1. The number of carbonyl (C=O) groups is 1. The Hall–Kier alpha value is -1.36. The molecule has 0 bridgehead atoms. The molecule has 1 aromatic rings. The zero-order valence-electron chi connectivity index (χ0n) is 14.1. The summed E-state index contributed by atoms with van der Waals surface area (Å²) in [7, 11) is -3.10. The maximum absolute atomic E-state index is 12.5. The maximum Gasteiger partial charge on any atom is 0.335 e. The van der Waals surface area contributed by atoms with Gasteiger partial charge in [-0.2, -0.15) is 0 Å². The van der Waals surface area contributed by atoms with Gasteiger partial charge in [-0.15, -0.1) is 0 Å². The molecule has 0 spiro atoms. The lowest BCUT2D eigenvalue weighted by Crippen LogP contribution is -2.29. The van der Waals surface area contributed by atoms with Gasteiger partial charge in [-0.05, 0) is 38.0 Å². The van der Waals surface area contributed by atoms with Gasteiger partial charge in [0.2, 0.25) is 0 Å². The summed E-state index contributed by atoms with van der Waals surface area (Å²) in [6, 6.07) is 6.95. The lowest BCUT2D eigenvalue weighted by molar-refractivity contribution is 0.219. The molecule has 6 nitrogen and oxygen atoms in total. The second-order valence-corrected chi connectivity index (χ2v) is 7.09. The van der Waals surface area contributed by atoms with Gasteiger partial charge in [0.15, 0.2) is 0 Å². The molecule has 0 heterocycles. The van der Waals surface area contributed by atoms with Crippen molar-refractivity contribution in [3.8, 4) is 0 Å². The van der Waals surface area contributed by atoms with Crippen LogP contribution in [0.5, 0.6) is 0 Å². The van der Waals surface area contributed by atoms with Crippen molar-refractivity contribution in [2.75, 3.05) is 25.1 Å². The molecule has 2 amide bonds. The van der Waals surface area contributed by atoms with Crippen LogP contribution in [0.15, 0.2) is 24.3 Å². The van der Waals surface area contributed by atoms with Gasteiger partial charge in [-0.3, -0.25) is 4.57 Å². The Kier molecular flexibility index (Phi) is 8.92. The van der Waals surface area contributed by atoms with E-state index in [0.717, 1.165) is 18.4 Å². The van der Waals surface area contributed by atoms with Crippen LogP contribution < -0.4 is 10.6 Å². The van der Waals surface area contributed by atoms with E-state index in [1.54, 1.807) is 26.0 Å². The lowest BCUT2D eigenvalue weighted by Gasteiger charge is -2.17. The number of urea groups is 1. The molecule has 2 N–H and O–H groups in total. The molecule has 0 saturated heterocycles. The summed E-state index contributed by atoms with van der Waals surface area (Å²) in [6.07, 6.45) is 2.21. The molecule has 0 fully saturated rings. The molecule has 0 aliphatic heterocycles. The minimum absolute atomic E-state index is 0.220. The summed E-state index contributed by atoms with van der Waals surface area (Å²) in [5.41, 5.74) is 1.53. The standard InChI is InChI=1S/C16H27N2O4P/c1-4-7-12-17-16(19)18-15-10-8-14(9-11-15)13-23(20,21-5-2)22-6-3/h8-11H,4-7,12-13H2,1-3H3,(H2,17,18,19). The number of hydrogen-bond donors (Lipinski definition) is 2. The predicted octanol–water partition coefficient (Wildman–Crippen LogP) is 4.37. The predicted molar refractivity (Wildman–Crippen MR) is 92.9 cm³/mol. The first-order valence-electron chi connectivity index (χ1n) is 8.05. The van der Waals surface area contributed by atoms with Crippen molar-refractivity contribution in [2.45, 2.75) is 39.8 Å². The third-order valence-corrected chi connectivity index (χ3v) is 5.11. The van der Waals surface area contributed by atoms with Crippen molar-refractivity contribution in [1.29, 1.82) is 0 Å². The van der Waals surface area contributed by atoms with Crippen LogP contribution in [0.1, 0.15) is 39.2 Å². The minimum Gasteiger partial charge on any atom is -0.338 e. The highest BCUT2D eigenvalue weighted by molar-refractivity contribution is 7.53. The van der Waals surface area contributed by atoms with E-state index in [1.807, 2.05) is 12.1 Å². The molecule has 130 valence electrons. The van der Waals surface area contributed by atoms with Gasteiger partial charge in [0.25, 0.3) is 0 Å². The molecule has 0 aliphatic carbocycles. The van der Waals surface area contributed by atoms with Crippen molar-refractivity contribution in [3.63, 3.8) is 0 Å². The first kappa shape index (κ1) is 19.7. The van der Waals surface area contributed by atoms with E-state index in [0.29, 0.717) is 25.4 Å². The molecule has 0 aliphatic rings. The maximum atomic E-state index is 12.5. The Labute approximate surface area is 138 Å². The van der Waals surface area contributed by atoms with Gasteiger partial charge in [0.1, 0.15) is 0 Å². The fraction of sp³-hybridized carbons (Fsp3) is 0.562. The second-order valence-electron chi connectivity index (χ2n) is 5.04. The van der Waals surface area contributed by atoms with Crippen LogP contribution in [-0.4, -0.2) is 25.8 Å². The van der Waals surface area contributed by atoms with Gasteiger partial charge < -0.3 is 19.7 Å². The Morgan fingerprint density at radius 3 is 2.22 bits per heavy atom. The monoisotopic (exact) mass is 342 g/mol. The van der Waals surface area contributed by atoms with Crippen molar-refractivity contribution >= 4 is 19.3 Å². The van der Waals surface area contributed by atoms with E-state index in [9.17, 15) is 9.36 Å². The fourth-order valence-corrected chi connectivity index (χ4v) is 3.69. The fourth-order valence-electron chi connectivity index (χ4n) is 1.99. The van der Waals surface area contributed by atoms with Crippen LogP contribution in [0.4, 0.5) is 10.5 Å². The molecule has 7 heteroatoms. The van der Waals surface area contributed by atoms with Crippen LogP contribution >= 0.6 is 7.60 Å². The number of benzene rings is 1. The normalized spacial score (nSPS) is 11.3. The lowest BCUT2D eigenvalue weighted by atomic mass is 10.2. The third kappa shape index (κ3) is 7.64. The number of anilines is 1. The second kappa shape index (κ2) is 10.4. The van der Waals surface area contributed by atoms with Gasteiger partial charge in [0.05, 0.1) is 19.4 Å². The van der Waals surface area contributed by atoms with E-state index >= 15 is 0 Å². The Morgan fingerprint density at radius 1 is 1.09 bits per heavy atom. The zero-order valence-corrected chi connectivity index (χ0v) is 15.0. The topological polar surface area (TPSA) is 76.7 Å². The van der Waals surface area contributed by atoms with Crippen LogP contribution in [-0.2, 0) is 19.8 Å². The number of nitrogens with one attached hydrogen (secondary N) is 2. The molecule has 1 aromatic carbocycles. The Morgan fingerprint density at radius 2 is 1.70 bits per heavy atom. The first-order chi connectivity index (χ1) is 11.0. The summed E-state index contributed by atoms with van der Waals surface area (Å²) in [4.78, 5) is 11.7. The van der Waals surface area contributed by atoms with Crippen LogP contribution in [0.2, 0.25) is 0 Å². The molecule has 0 atom stereocenters. The number of carbonyl (C=O) groups excluding carboxylic acids is 1. The molecule has 0 aromatic heterocycles. The summed E-state index contributed by atoms with van der Waals surface area (Å²) in [5, 5.41) is 5.54. The molecule has 0 saturated carbocycles. The smallest absolute Gasteiger partial charge is 0.335 e. The first-order valence-corrected chi connectivity index (χ1v) is 9.77. The molecule has 0 radical (unpaired) electrons. The average molecular weight is 342 g/mol. The third-order valence-electron chi connectivity index (χ3n) is 3.06. The highest BCUT2D eigenvalue weighted by Gasteiger charge is 2.23. The van der Waals surface area contributed by atoms with Gasteiger partial charge in [-0.25, -0.2) is 4.79 Å². The molecular formula is C16H27N2O4P. The number of unbranched alkanes of at least 4 members (excludes halogenated alkanes) is 1. The summed E-state index contributed by atoms with van der Waals surface area (Å²) in [5.74, 6) is 0. The number of rotatable bonds is 10. The van der Waals surface area contributed by atoms with E-state index in [4.69, 9.17) is 9.05 Å². The van der Waals surface area contributed by atoms with E-state index < -0.39 is 7.60 Å². The van der Waals surface area contributed by atoms with Crippen molar-refractivity contribution < 1.29 is 18.4 Å². The molecule has 1 rings (SSSR count). The highest BCUT2D eigenvalue weighted by atomic mass is 31.2. The average Bonchev–Trinajstić information content (AvgIpc) is 2.50. The quantitative estimate of drug-likeness (QED) is 0.489. The highest BCUT2D eigenvalue weighted by Crippen LogP contribution is 2.51. The summed E-state index contributed by atoms with van der Waals surface area (Å²) >= 11 is 0. The Bertz CT molecular complexity index is 509. The van der Waals surface area contributed by atoms with Crippen molar-refractivity contribution in [1.82, 2.24) is 5.32 Å².